The Bertz CT molecular complexity index is 357. The lowest BCUT2D eigenvalue weighted by molar-refractivity contribution is -0.0601. The molecule has 0 atom stereocenters. The maximum absolute atomic E-state index is 5.78. The molecule has 16 heavy (non-hydrogen) atoms. The average Bonchev–Trinajstić information content (AvgIpc) is 2.58. The van der Waals surface area contributed by atoms with Gasteiger partial charge in [0.25, 0.3) is 0 Å². The van der Waals surface area contributed by atoms with Gasteiger partial charge in [0.2, 0.25) is 0 Å². The van der Waals surface area contributed by atoms with Gasteiger partial charge in [-0.25, -0.2) is 0 Å². The Kier molecular flexibility index (Phi) is 3.61. The number of nitrogen functional groups attached to an aromatic ring is 1. The van der Waals surface area contributed by atoms with Gasteiger partial charge in [-0.2, -0.15) is 4.37 Å². The topological polar surface area (TPSA) is 60.2 Å². The molecule has 0 aliphatic heterocycles. The molecule has 1 aromatic heterocycles. The van der Waals surface area contributed by atoms with E-state index in [-0.39, 0.29) is 5.60 Å². The van der Waals surface area contributed by atoms with Crippen molar-refractivity contribution in [3.63, 3.8) is 0 Å². The van der Waals surface area contributed by atoms with Crippen molar-refractivity contribution in [3.05, 3.63) is 0 Å². The van der Waals surface area contributed by atoms with Crippen LogP contribution in [0.3, 0.4) is 0 Å². The fourth-order valence-corrected chi connectivity index (χ4v) is 3.41. The summed E-state index contributed by atoms with van der Waals surface area (Å²) in [5.41, 5.74) is 5.81. The van der Waals surface area contributed by atoms with Crippen molar-refractivity contribution in [2.24, 2.45) is 0 Å². The highest BCUT2D eigenvalue weighted by Crippen LogP contribution is 2.38. The molecule has 0 bridgehead atoms. The predicted molar refractivity (Wildman–Crippen MR) is 70.4 cm³/mol. The van der Waals surface area contributed by atoms with Gasteiger partial charge in [0.1, 0.15) is 5.00 Å². The number of hydrogen-bond acceptors (Lipinski definition) is 6. The van der Waals surface area contributed by atoms with E-state index in [0.29, 0.717) is 5.82 Å². The Labute approximate surface area is 104 Å². The molecule has 1 aromatic rings. The molecule has 0 amide bonds. The number of hydrogen-bond donors (Lipinski definition) is 2. The molecule has 1 fully saturated rings. The molecule has 1 heterocycles. The quantitative estimate of drug-likeness (QED) is 0.795. The van der Waals surface area contributed by atoms with Crippen LogP contribution < -0.4 is 11.1 Å². The van der Waals surface area contributed by atoms with Crippen LogP contribution in [0.1, 0.15) is 19.3 Å². The van der Waals surface area contributed by atoms with Crippen molar-refractivity contribution < 1.29 is 4.74 Å². The van der Waals surface area contributed by atoms with Gasteiger partial charge in [-0.3, -0.25) is 0 Å². The second-order valence-electron chi connectivity index (χ2n) is 4.02. The van der Waals surface area contributed by atoms with Crippen LogP contribution in [0.4, 0.5) is 10.8 Å². The van der Waals surface area contributed by atoms with E-state index in [1.807, 2.05) is 6.26 Å². The second-order valence-corrected chi connectivity index (χ2v) is 5.61. The van der Waals surface area contributed by atoms with Crippen LogP contribution in [0.2, 0.25) is 0 Å². The number of aromatic nitrogens is 1. The Morgan fingerprint density at radius 3 is 2.88 bits per heavy atom. The molecule has 4 nitrogen and oxygen atoms in total. The summed E-state index contributed by atoms with van der Waals surface area (Å²) in [5, 5.41) is 4.47. The first-order chi connectivity index (χ1) is 7.71. The summed E-state index contributed by atoms with van der Waals surface area (Å²) in [5.74, 6) is 0.625. The molecule has 1 saturated carbocycles. The highest BCUT2D eigenvalue weighted by atomic mass is 32.2. The maximum atomic E-state index is 5.78. The number of nitrogens with one attached hydrogen (secondary N) is 1. The first kappa shape index (κ1) is 12.0. The lowest BCUT2D eigenvalue weighted by atomic mass is 9.80. The molecule has 0 unspecified atom stereocenters. The summed E-state index contributed by atoms with van der Waals surface area (Å²) in [6.07, 6.45) is 5.55. The first-order valence-electron chi connectivity index (χ1n) is 5.29. The van der Waals surface area contributed by atoms with Crippen molar-refractivity contribution in [1.29, 1.82) is 0 Å². The number of ether oxygens (including phenoxy) is 1. The van der Waals surface area contributed by atoms with E-state index < -0.39 is 0 Å². The van der Waals surface area contributed by atoms with E-state index >= 15 is 0 Å². The van der Waals surface area contributed by atoms with Crippen molar-refractivity contribution in [2.45, 2.75) is 29.8 Å². The summed E-state index contributed by atoms with van der Waals surface area (Å²) in [6, 6.07) is 0. The predicted octanol–water partition coefficient (Wildman–Crippen LogP) is 2.43. The minimum atomic E-state index is 0.0361. The molecular weight excluding hydrogens is 242 g/mol. The zero-order chi connectivity index (χ0) is 11.6. The zero-order valence-electron chi connectivity index (χ0n) is 9.58. The van der Waals surface area contributed by atoms with Crippen LogP contribution in [0.15, 0.2) is 4.90 Å². The third kappa shape index (κ3) is 2.14. The maximum Gasteiger partial charge on any atom is 0.153 e. The molecule has 6 heteroatoms. The highest BCUT2D eigenvalue weighted by molar-refractivity contribution is 7.99. The molecule has 3 N–H and O–H groups in total. The van der Waals surface area contributed by atoms with Gasteiger partial charge >= 0.3 is 0 Å². The van der Waals surface area contributed by atoms with E-state index in [9.17, 15) is 0 Å². The van der Waals surface area contributed by atoms with E-state index in [1.54, 1.807) is 18.9 Å². The Balaban J connectivity index is 1.98. The Morgan fingerprint density at radius 1 is 1.62 bits per heavy atom. The number of thioether (sulfide) groups is 1. The zero-order valence-corrected chi connectivity index (χ0v) is 11.2. The van der Waals surface area contributed by atoms with Gasteiger partial charge in [-0.15, -0.1) is 11.8 Å². The van der Waals surface area contributed by atoms with Gasteiger partial charge in [-0.05, 0) is 37.1 Å². The molecule has 0 spiro atoms. The number of nitrogens with zero attached hydrogens (tertiary/aromatic N) is 1. The monoisotopic (exact) mass is 259 g/mol. The summed E-state index contributed by atoms with van der Waals surface area (Å²) in [7, 11) is 1.79. The minimum Gasteiger partial charge on any atom is -0.382 e. The lowest BCUT2D eigenvalue weighted by Crippen LogP contribution is -2.45. The fraction of sp³-hybridized carbons (Fsp3) is 0.700. The van der Waals surface area contributed by atoms with E-state index in [2.05, 4.69) is 9.69 Å². The summed E-state index contributed by atoms with van der Waals surface area (Å²) in [4.78, 5) is 1.05. The molecule has 2 rings (SSSR count). The molecule has 1 aliphatic carbocycles. The van der Waals surface area contributed by atoms with E-state index in [4.69, 9.17) is 10.5 Å². The van der Waals surface area contributed by atoms with Crippen molar-refractivity contribution in [3.8, 4) is 0 Å². The lowest BCUT2D eigenvalue weighted by Gasteiger charge is -2.40. The average molecular weight is 259 g/mol. The molecule has 1 aliphatic rings. The Morgan fingerprint density at radius 2 is 2.38 bits per heavy atom. The van der Waals surface area contributed by atoms with Crippen LogP contribution in [-0.4, -0.2) is 29.9 Å². The molecule has 0 aromatic carbocycles. The SMILES string of the molecule is COC1(CNc2snc(N)c2SC)CCC1. The first-order valence-corrected chi connectivity index (χ1v) is 7.29. The highest BCUT2D eigenvalue weighted by Gasteiger charge is 2.37. The van der Waals surface area contributed by atoms with Crippen molar-refractivity contribution >= 4 is 34.1 Å². The number of anilines is 2. The summed E-state index contributed by atoms with van der Waals surface area (Å²) in [6.45, 7) is 0.846. The summed E-state index contributed by atoms with van der Waals surface area (Å²) < 4.78 is 9.71. The molecular formula is C10H17N3OS2. The second kappa shape index (κ2) is 4.81. The van der Waals surface area contributed by atoms with E-state index in [1.165, 1.54) is 18.0 Å². The molecule has 90 valence electrons. The third-order valence-electron chi connectivity index (χ3n) is 3.15. The standard InChI is InChI=1S/C10H17N3OS2/c1-14-10(4-3-5-10)6-12-9-7(15-2)8(11)13-16-9/h12H,3-6H2,1-2H3,(H2,11,13). The smallest absolute Gasteiger partial charge is 0.153 e. The van der Waals surface area contributed by atoms with Crippen LogP contribution in [0.5, 0.6) is 0 Å². The van der Waals surface area contributed by atoms with Gasteiger partial charge in [0, 0.05) is 13.7 Å². The van der Waals surface area contributed by atoms with E-state index in [0.717, 1.165) is 29.3 Å². The number of rotatable bonds is 5. The van der Waals surface area contributed by atoms with Gasteiger partial charge in [-0.1, -0.05) is 0 Å². The van der Waals surface area contributed by atoms with Crippen LogP contribution in [-0.2, 0) is 4.74 Å². The number of nitrogens with two attached hydrogens (primary N) is 1. The van der Waals surface area contributed by atoms with Crippen LogP contribution in [0.25, 0.3) is 0 Å². The van der Waals surface area contributed by atoms with Crippen LogP contribution in [0, 0.1) is 0 Å². The van der Waals surface area contributed by atoms with Crippen molar-refractivity contribution in [2.75, 3.05) is 31.0 Å². The minimum absolute atomic E-state index is 0.0361. The summed E-state index contributed by atoms with van der Waals surface area (Å²) >= 11 is 3.06. The molecule has 0 saturated heterocycles. The van der Waals surface area contributed by atoms with Gasteiger partial charge < -0.3 is 15.8 Å². The van der Waals surface area contributed by atoms with Crippen molar-refractivity contribution in [1.82, 2.24) is 4.37 Å². The molecule has 0 radical (unpaired) electrons. The van der Waals surface area contributed by atoms with Gasteiger partial charge in [0.15, 0.2) is 5.82 Å². The van der Waals surface area contributed by atoms with Gasteiger partial charge in [0.05, 0.1) is 10.5 Å². The largest absolute Gasteiger partial charge is 0.382 e. The van der Waals surface area contributed by atoms with Crippen LogP contribution >= 0.6 is 23.3 Å². The fourth-order valence-electron chi connectivity index (χ4n) is 1.87. The number of methoxy groups -OCH3 is 1. The third-order valence-corrected chi connectivity index (χ3v) is 4.92. The normalized spacial score (nSPS) is 18.1. The Hall–Kier alpha value is -0.460.